The van der Waals surface area contributed by atoms with E-state index in [1.165, 1.54) is 101 Å². The minimum atomic E-state index is 0.977. The van der Waals surface area contributed by atoms with Gasteiger partial charge in [-0.3, -0.25) is 0 Å². The maximum atomic E-state index is 2.61. The Hall–Kier alpha value is -1.04. The summed E-state index contributed by atoms with van der Waals surface area (Å²) in [6.07, 6.45) is 23.9. The summed E-state index contributed by atoms with van der Waals surface area (Å²) in [7, 11) is 0. The standard InChI is InChI=1S/C28H44/c1-3-5-6-24-11-13-26(14-12-24)17-18-28-21-19-27(20-22-28)16-15-25-9-7-23(4-2)8-10-25/h7-10,19,24,26,28H,3-6,11-18,20-22H2,1-2H3. The van der Waals surface area contributed by atoms with E-state index in [1.54, 1.807) is 5.57 Å². The van der Waals surface area contributed by atoms with Crippen LogP contribution in [0.5, 0.6) is 0 Å². The van der Waals surface area contributed by atoms with Gasteiger partial charge in [0.1, 0.15) is 0 Å². The first-order valence-corrected chi connectivity index (χ1v) is 12.5. The Balaban J connectivity index is 1.30. The molecule has 0 aromatic heterocycles. The zero-order valence-electron chi connectivity index (χ0n) is 18.7. The number of hydrogen-bond donors (Lipinski definition) is 0. The highest BCUT2D eigenvalue weighted by molar-refractivity contribution is 5.23. The van der Waals surface area contributed by atoms with Crippen molar-refractivity contribution in [2.75, 3.05) is 0 Å². The summed E-state index contributed by atoms with van der Waals surface area (Å²) in [6.45, 7) is 4.57. The zero-order valence-corrected chi connectivity index (χ0v) is 18.7. The minimum Gasteiger partial charge on any atom is -0.0850 e. The van der Waals surface area contributed by atoms with Crippen molar-refractivity contribution < 1.29 is 0 Å². The summed E-state index contributed by atoms with van der Waals surface area (Å²) in [6, 6.07) is 9.28. The van der Waals surface area contributed by atoms with Crippen LogP contribution < -0.4 is 0 Å². The molecule has 0 spiro atoms. The van der Waals surface area contributed by atoms with Crippen molar-refractivity contribution in [3.63, 3.8) is 0 Å². The summed E-state index contributed by atoms with van der Waals surface area (Å²) in [5.41, 5.74) is 4.69. The number of rotatable bonds is 10. The topological polar surface area (TPSA) is 0 Å². The van der Waals surface area contributed by atoms with Gasteiger partial charge in [0.15, 0.2) is 0 Å². The van der Waals surface area contributed by atoms with Gasteiger partial charge in [-0.25, -0.2) is 0 Å². The fourth-order valence-electron chi connectivity index (χ4n) is 5.45. The molecular weight excluding hydrogens is 336 g/mol. The molecule has 0 heterocycles. The predicted molar refractivity (Wildman–Crippen MR) is 124 cm³/mol. The Kier molecular flexibility index (Phi) is 9.16. The third-order valence-corrected chi connectivity index (χ3v) is 7.69. The fourth-order valence-corrected chi connectivity index (χ4v) is 5.45. The first kappa shape index (κ1) is 21.7. The number of allylic oxidation sites excluding steroid dienone is 2. The van der Waals surface area contributed by atoms with Gasteiger partial charge >= 0.3 is 0 Å². The van der Waals surface area contributed by atoms with Crippen LogP contribution in [0.1, 0.15) is 108 Å². The van der Waals surface area contributed by atoms with E-state index in [2.05, 4.69) is 44.2 Å². The van der Waals surface area contributed by atoms with Crippen LogP contribution >= 0.6 is 0 Å². The Labute approximate surface area is 175 Å². The van der Waals surface area contributed by atoms with Gasteiger partial charge in [-0.15, -0.1) is 0 Å². The molecule has 0 heteroatoms. The molecule has 0 nitrogen and oxygen atoms in total. The molecule has 1 atom stereocenters. The minimum absolute atomic E-state index is 0.977. The fraction of sp³-hybridized carbons (Fsp3) is 0.714. The summed E-state index contributed by atoms with van der Waals surface area (Å²) in [5, 5.41) is 0. The molecule has 1 aromatic rings. The number of hydrogen-bond acceptors (Lipinski definition) is 0. The molecule has 0 saturated heterocycles. The third kappa shape index (κ3) is 7.09. The average Bonchev–Trinajstić information content (AvgIpc) is 2.76. The lowest BCUT2D eigenvalue weighted by Gasteiger charge is -2.30. The van der Waals surface area contributed by atoms with Gasteiger partial charge in [-0.1, -0.05) is 101 Å². The monoisotopic (exact) mass is 380 g/mol. The van der Waals surface area contributed by atoms with Crippen LogP contribution in [-0.2, 0) is 12.8 Å². The molecule has 0 N–H and O–H groups in total. The second-order valence-electron chi connectivity index (χ2n) is 9.78. The normalized spacial score (nSPS) is 25.5. The average molecular weight is 381 g/mol. The van der Waals surface area contributed by atoms with Gasteiger partial charge in [-0.05, 0) is 73.8 Å². The van der Waals surface area contributed by atoms with Gasteiger partial charge in [-0.2, -0.15) is 0 Å². The molecule has 0 radical (unpaired) electrons. The predicted octanol–water partition coefficient (Wildman–Crippen LogP) is 8.68. The Morgan fingerprint density at radius 1 is 0.714 bits per heavy atom. The van der Waals surface area contributed by atoms with Crippen molar-refractivity contribution in [3.8, 4) is 0 Å². The SMILES string of the molecule is CCCCC1CCC(CCC2CC=C(CCc3ccc(CC)cc3)CC2)CC1. The molecule has 0 amide bonds. The largest absolute Gasteiger partial charge is 0.0850 e. The van der Waals surface area contributed by atoms with Crippen molar-refractivity contribution in [1.29, 1.82) is 0 Å². The molecule has 0 bridgehead atoms. The van der Waals surface area contributed by atoms with E-state index in [4.69, 9.17) is 0 Å². The quantitative estimate of drug-likeness (QED) is 0.356. The van der Waals surface area contributed by atoms with Crippen molar-refractivity contribution in [1.82, 2.24) is 0 Å². The van der Waals surface area contributed by atoms with E-state index in [0.29, 0.717) is 0 Å². The van der Waals surface area contributed by atoms with E-state index in [9.17, 15) is 0 Å². The van der Waals surface area contributed by atoms with Crippen LogP contribution in [0.3, 0.4) is 0 Å². The number of aryl methyl sites for hydroxylation is 2. The number of unbranched alkanes of at least 4 members (excludes halogenated alkanes) is 1. The lowest BCUT2D eigenvalue weighted by molar-refractivity contribution is 0.235. The van der Waals surface area contributed by atoms with Gasteiger partial charge in [0, 0.05) is 0 Å². The van der Waals surface area contributed by atoms with Crippen LogP contribution in [0.2, 0.25) is 0 Å². The summed E-state index contributed by atoms with van der Waals surface area (Å²) < 4.78 is 0. The molecule has 3 rings (SSSR count). The molecule has 0 aliphatic heterocycles. The molecule has 1 fully saturated rings. The second-order valence-corrected chi connectivity index (χ2v) is 9.78. The van der Waals surface area contributed by atoms with Crippen LogP contribution in [0.25, 0.3) is 0 Å². The van der Waals surface area contributed by atoms with Gasteiger partial charge in [0.05, 0.1) is 0 Å². The van der Waals surface area contributed by atoms with E-state index in [1.807, 2.05) is 0 Å². The zero-order chi connectivity index (χ0) is 19.6. The number of benzene rings is 1. The van der Waals surface area contributed by atoms with E-state index in [0.717, 1.165) is 24.2 Å². The second kappa shape index (κ2) is 11.8. The molecular formula is C28H44. The maximum Gasteiger partial charge on any atom is -0.0241 e. The van der Waals surface area contributed by atoms with Gasteiger partial charge in [0.2, 0.25) is 0 Å². The molecule has 28 heavy (non-hydrogen) atoms. The highest BCUT2D eigenvalue weighted by Crippen LogP contribution is 2.37. The van der Waals surface area contributed by atoms with Crippen molar-refractivity contribution in [2.45, 2.75) is 110 Å². The van der Waals surface area contributed by atoms with Crippen molar-refractivity contribution >= 4 is 0 Å². The highest BCUT2D eigenvalue weighted by Gasteiger charge is 2.22. The lowest BCUT2D eigenvalue weighted by atomic mass is 9.76. The van der Waals surface area contributed by atoms with Crippen LogP contribution in [-0.4, -0.2) is 0 Å². The molecule has 1 aromatic carbocycles. The Bertz CT molecular complexity index is 571. The Morgan fingerprint density at radius 2 is 1.36 bits per heavy atom. The maximum absolute atomic E-state index is 2.61. The molecule has 156 valence electrons. The first-order chi connectivity index (χ1) is 13.8. The first-order valence-electron chi connectivity index (χ1n) is 12.5. The van der Waals surface area contributed by atoms with Crippen molar-refractivity contribution in [2.24, 2.45) is 17.8 Å². The van der Waals surface area contributed by atoms with Crippen LogP contribution in [0.4, 0.5) is 0 Å². The highest BCUT2D eigenvalue weighted by atomic mass is 14.3. The summed E-state index contributed by atoms with van der Waals surface area (Å²) >= 11 is 0. The molecule has 2 aliphatic carbocycles. The van der Waals surface area contributed by atoms with Gasteiger partial charge < -0.3 is 0 Å². The van der Waals surface area contributed by atoms with E-state index in [-0.39, 0.29) is 0 Å². The lowest BCUT2D eigenvalue weighted by Crippen LogP contribution is -2.16. The molecule has 2 aliphatic rings. The van der Waals surface area contributed by atoms with E-state index >= 15 is 0 Å². The Morgan fingerprint density at radius 3 is 1.96 bits per heavy atom. The van der Waals surface area contributed by atoms with Crippen LogP contribution in [0.15, 0.2) is 35.9 Å². The summed E-state index contributed by atoms with van der Waals surface area (Å²) in [4.78, 5) is 0. The van der Waals surface area contributed by atoms with Gasteiger partial charge in [0.25, 0.3) is 0 Å². The molecule has 1 saturated carbocycles. The van der Waals surface area contributed by atoms with E-state index < -0.39 is 0 Å². The third-order valence-electron chi connectivity index (χ3n) is 7.69. The van der Waals surface area contributed by atoms with Crippen molar-refractivity contribution in [3.05, 3.63) is 47.0 Å². The van der Waals surface area contributed by atoms with Crippen LogP contribution in [0, 0.1) is 17.8 Å². The summed E-state index contributed by atoms with van der Waals surface area (Å²) in [5.74, 6) is 3.09. The molecule has 1 unspecified atom stereocenters. The smallest absolute Gasteiger partial charge is 0.0241 e.